The van der Waals surface area contributed by atoms with Crippen molar-refractivity contribution in [1.29, 1.82) is 0 Å². The van der Waals surface area contributed by atoms with Crippen molar-refractivity contribution in [2.75, 3.05) is 5.73 Å². The number of imidazole rings is 1. The van der Waals surface area contributed by atoms with Crippen LogP contribution in [0.15, 0.2) is 6.33 Å². The van der Waals surface area contributed by atoms with E-state index in [1.54, 1.807) is 7.05 Å². The van der Waals surface area contributed by atoms with Crippen molar-refractivity contribution in [3.63, 3.8) is 0 Å². The topological polar surface area (TPSA) is 81.1 Å². The fourth-order valence-electron chi connectivity index (χ4n) is 0.604. The molecule has 1 heterocycles. The number of hydrogen-bond acceptors (Lipinski definition) is 3. The Labute approximate surface area is 75.4 Å². The van der Waals surface area contributed by atoms with Crippen molar-refractivity contribution in [3.8, 4) is 0 Å². The van der Waals surface area contributed by atoms with Gasteiger partial charge >= 0.3 is 5.97 Å². The number of nitrogen functional groups attached to an aromatic ring is 1. The number of carbonyl (C=O) groups is 1. The van der Waals surface area contributed by atoms with Crippen molar-refractivity contribution < 1.29 is 9.90 Å². The molecule has 0 saturated heterocycles. The molecule has 0 aliphatic heterocycles. The molecule has 1 aromatic heterocycles. The minimum Gasteiger partial charge on any atom is -0.476 e. The van der Waals surface area contributed by atoms with E-state index in [9.17, 15) is 4.79 Å². The number of anilines is 1. The van der Waals surface area contributed by atoms with Gasteiger partial charge in [0.05, 0.1) is 6.33 Å². The molecule has 0 unspecified atom stereocenters. The number of aromatic carboxylic acids is 1. The normalized spacial score (nSPS) is 8.82. The summed E-state index contributed by atoms with van der Waals surface area (Å²) < 4.78 is 1.45. The van der Waals surface area contributed by atoms with E-state index in [-0.39, 0.29) is 30.4 Å². The summed E-state index contributed by atoms with van der Waals surface area (Å²) in [7, 11) is 1.63. The third kappa shape index (κ3) is 1.76. The Morgan fingerprint density at radius 2 is 2.36 bits per heavy atom. The predicted molar refractivity (Wildman–Crippen MR) is 40.3 cm³/mol. The minimum atomic E-state index is -1.10. The third-order valence-electron chi connectivity index (χ3n) is 1.19. The number of carboxylic acid groups (broad SMARTS) is 1. The van der Waals surface area contributed by atoms with Gasteiger partial charge in [-0.1, -0.05) is 0 Å². The first-order chi connectivity index (χ1) is 4.63. The van der Waals surface area contributed by atoms with Crippen LogP contribution < -0.4 is 5.73 Å². The van der Waals surface area contributed by atoms with Gasteiger partial charge in [-0.3, -0.25) is 0 Å². The molecular formula is C5H7LiN3O2. The van der Waals surface area contributed by atoms with Crippen molar-refractivity contribution in [3.05, 3.63) is 12.0 Å². The molecule has 0 aliphatic rings. The molecular weight excluding hydrogens is 141 g/mol. The maximum Gasteiger partial charge on any atom is 0.358 e. The summed E-state index contributed by atoms with van der Waals surface area (Å²) in [6.07, 6.45) is 1.36. The van der Waals surface area contributed by atoms with Crippen LogP contribution >= 0.6 is 0 Å². The standard InChI is InChI=1S/C5H7N3O2.Li/c1-8-2-7-3(4(8)6)5(9)10;/h2H,6H2,1H3,(H,9,10);. The summed E-state index contributed by atoms with van der Waals surface area (Å²) in [4.78, 5) is 13.8. The molecule has 5 nitrogen and oxygen atoms in total. The summed E-state index contributed by atoms with van der Waals surface area (Å²) in [6.45, 7) is 0. The van der Waals surface area contributed by atoms with Gasteiger partial charge in [-0.2, -0.15) is 0 Å². The van der Waals surface area contributed by atoms with E-state index in [1.165, 1.54) is 10.9 Å². The van der Waals surface area contributed by atoms with Gasteiger partial charge in [-0.05, 0) is 0 Å². The summed E-state index contributed by atoms with van der Waals surface area (Å²) in [6, 6.07) is 0. The van der Waals surface area contributed by atoms with Crippen LogP contribution in [0.2, 0.25) is 0 Å². The van der Waals surface area contributed by atoms with Gasteiger partial charge in [0.25, 0.3) is 0 Å². The van der Waals surface area contributed by atoms with Gasteiger partial charge in [0.2, 0.25) is 0 Å². The quantitative estimate of drug-likeness (QED) is 0.517. The van der Waals surface area contributed by atoms with Crippen LogP contribution in [0, 0.1) is 0 Å². The average Bonchev–Trinajstić information content (AvgIpc) is 2.14. The van der Waals surface area contributed by atoms with Gasteiger partial charge in [-0.15, -0.1) is 0 Å². The number of aromatic nitrogens is 2. The Morgan fingerprint density at radius 3 is 2.55 bits per heavy atom. The number of rotatable bonds is 1. The second-order valence-electron chi connectivity index (χ2n) is 1.89. The van der Waals surface area contributed by atoms with Crippen molar-refractivity contribution in [1.82, 2.24) is 9.55 Å². The monoisotopic (exact) mass is 148 g/mol. The van der Waals surface area contributed by atoms with Crippen molar-refractivity contribution in [2.24, 2.45) is 7.05 Å². The van der Waals surface area contributed by atoms with Crippen LogP contribution in [0.4, 0.5) is 5.82 Å². The molecule has 0 fully saturated rings. The number of nitrogens with zero attached hydrogens (tertiary/aromatic N) is 2. The first-order valence-corrected chi connectivity index (χ1v) is 2.63. The Hall–Kier alpha value is -0.923. The van der Waals surface area contributed by atoms with Gasteiger partial charge in [0.1, 0.15) is 5.82 Å². The third-order valence-corrected chi connectivity index (χ3v) is 1.19. The molecule has 0 aliphatic carbocycles. The Morgan fingerprint density at radius 1 is 1.82 bits per heavy atom. The fraction of sp³-hybridized carbons (Fsp3) is 0.200. The van der Waals surface area contributed by atoms with Gasteiger partial charge in [0, 0.05) is 25.9 Å². The first-order valence-electron chi connectivity index (χ1n) is 2.63. The summed E-state index contributed by atoms with van der Waals surface area (Å²) in [5.41, 5.74) is 5.23. The first kappa shape index (κ1) is 10.1. The molecule has 0 saturated carbocycles. The molecule has 6 heteroatoms. The molecule has 1 rings (SSSR count). The maximum atomic E-state index is 10.3. The number of hydrogen-bond donors (Lipinski definition) is 2. The van der Waals surface area contributed by atoms with E-state index >= 15 is 0 Å². The van der Waals surface area contributed by atoms with Gasteiger partial charge in [-0.25, -0.2) is 9.78 Å². The van der Waals surface area contributed by atoms with Crippen LogP contribution in [-0.2, 0) is 7.05 Å². The molecule has 0 bridgehead atoms. The second kappa shape index (κ2) is 3.46. The molecule has 0 aromatic carbocycles. The summed E-state index contributed by atoms with van der Waals surface area (Å²) >= 11 is 0. The van der Waals surface area contributed by atoms with Crippen LogP contribution in [-0.4, -0.2) is 39.5 Å². The van der Waals surface area contributed by atoms with Crippen molar-refractivity contribution >= 4 is 30.6 Å². The predicted octanol–water partition coefficient (Wildman–Crippen LogP) is -0.680. The molecule has 0 amide bonds. The fourth-order valence-corrected chi connectivity index (χ4v) is 0.604. The van der Waals surface area contributed by atoms with Crippen LogP contribution in [0.1, 0.15) is 10.5 Å². The van der Waals surface area contributed by atoms with Gasteiger partial charge in [0.15, 0.2) is 5.69 Å². The molecule has 1 aromatic rings. The molecule has 0 spiro atoms. The Bertz CT molecular complexity index is 271. The molecule has 0 atom stereocenters. The van der Waals surface area contributed by atoms with Crippen LogP contribution in [0.5, 0.6) is 0 Å². The zero-order chi connectivity index (χ0) is 7.72. The number of nitrogens with two attached hydrogens (primary N) is 1. The van der Waals surface area contributed by atoms with Crippen LogP contribution in [0.25, 0.3) is 0 Å². The Kier molecular flexibility index (Phi) is 3.17. The maximum absolute atomic E-state index is 10.3. The Balaban J connectivity index is 0.000001000. The molecule has 55 valence electrons. The van der Waals surface area contributed by atoms with E-state index in [0.717, 1.165) is 0 Å². The largest absolute Gasteiger partial charge is 0.476 e. The van der Waals surface area contributed by atoms with Gasteiger partial charge < -0.3 is 15.4 Å². The van der Waals surface area contributed by atoms with E-state index in [4.69, 9.17) is 10.8 Å². The zero-order valence-corrected chi connectivity index (χ0v) is 6.40. The minimum absolute atomic E-state index is 0. The molecule has 1 radical (unpaired) electrons. The summed E-state index contributed by atoms with van der Waals surface area (Å²) in [5.74, 6) is -0.925. The van der Waals surface area contributed by atoms with E-state index < -0.39 is 5.97 Å². The van der Waals surface area contributed by atoms with Crippen LogP contribution in [0.3, 0.4) is 0 Å². The number of carboxylic acids is 1. The van der Waals surface area contributed by atoms with E-state index in [1.807, 2.05) is 0 Å². The zero-order valence-electron chi connectivity index (χ0n) is 6.40. The number of aryl methyl sites for hydroxylation is 1. The molecule has 11 heavy (non-hydrogen) atoms. The van der Waals surface area contributed by atoms with E-state index in [0.29, 0.717) is 0 Å². The average molecular weight is 148 g/mol. The summed E-state index contributed by atoms with van der Waals surface area (Å²) in [5, 5.41) is 8.42. The molecule has 3 N–H and O–H groups in total. The van der Waals surface area contributed by atoms with E-state index in [2.05, 4.69) is 4.98 Å². The smallest absolute Gasteiger partial charge is 0.358 e. The van der Waals surface area contributed by atoms with Crippen molar-refractivity contribution in [2.45, 2.75) is 0 Å². The second-order valence-corrected chi connectivity index (χ2v) is 1.89. The SMILES string of the molecule is Cn1cnc(C(=O)O)c1N.[Li].